The third-order valence-electron chi connectivity index (χ3n) is 3.71. The molecule has 0 fully saturated rings. The summed E-state index contributed by atoms with van der Waals surface area (Å²) in [7, 11) is 0. The molecule has 0 unspecified atom stereocenters. The van der Waals surface area contributed by atoms with E-state index in [9.17, 15) is 4.79 Å². The summed E-state index contributed by atoms with van der Waals surface area (Å²) in [6, 6.07) is 23.1. The Morgan fingerprint density at radius 1 is 0.800 bits per heavy atom. The summed E-state index contributed by atoms with van der Waals surface area (Å²) in [6.07, 6.45) is 3.07. The second-order valence-corrected chi connectivity index (χ2v) is 6.87. The van der Waals surface area contributed by atoms with Crippen LogP contribution in [-0.4, -0.2) is 24.3 Å². The summed E-state index contributed by atoms with van der Waals surface area (Å²) in [6.45, 7) is 0. The summed E-state index contributed by atoms with van der Waals surface area (Å²) in [5.74, 6) is -0.293. The van der Waals surface area contributed by atoms with E-state index in [1.54, 1.807) is 60.8 Å². The molecule has 0 atom stereocenters. The third-order valence-corrected chi connectivity index (χ3v) is 4.18. The van der Waals surface area contributed by atoms with Gasteiger partial charge in [0.05, 0.1) is 12.4 Å². The van der Waals surface area contributed by atoms with Crippen molar-refractivity contribution in [3.8, 4) is 0 Å². The van der Waals surface area contributed by atoms with Crippen LogP contribution >= 0.6 is 23.2 Å². The predicted octanol–water partition coefficient (Wildman–Crippen LogP) is 4.74. The molecule has 6 nitrogen and oxygen atoms in total. The van der Waals surface area contributed by atoms with Crippen molar-refractivity contribution in [2.45, 2.75) is 0 Å². The molecule has 150 valence electrons. The highest BCUT2D eigenvalue weighted by Crippen LogP contribution is 2.09. The quantitative estimate of drug-likeness (QED) is 0.343. The summed E-state index contributed by atoms with van der Waals surface area (Å²) < 4.78 is 0. The van der Waals surface area contributed by atoms with Crippen LogP contribution in [0.1, 0.15) is 21.5 Å². The van der Waals surface area contributed by atoms with Crippen molar-refractivity contribution in [2.75, 3.05) is 0 Å². The van der Waals surface area contributed by atoms with Gasteiger partial charge in [-0.2, -0.15) is 10.2 Å². The highest BCUT2D eigenvalue weighted by molar-refractivity contribution is 6.31. The molecule has 0 heterocycles. The van der Waals surface area contributed by atoms with E-state index < -0.39 is 0 Å². The first-order valence-corrected chi connectivity index (χ1v) is 9.63. The van der Waals surface area contributed by atoms with Gasteiger partial charge in [-0.15, -0.1) is 5.10 Å². The molecule has 2 N–H and O–H groups in total. The van der Waals surface area contributed by atoms with Gasteiger partial charge in [-0.1, -0.05) is 65.7 Å². The minimum atomic E-state index is -0.349. The van der Waals surface area contributed by atoms with Crippen molar-refractivity contribution < 1.29 is 4.79 Å². The molecule has 0 radical (unpaired) electrons. The minimum Gasteiger partial charge on any atom is -0.290 e. The van der Waals surface area contributed by atoms with Crippen LogP contribution in [0.3, 0.4) is 0 Å². The van der Waals surface area contributed by atoms with Crippen LogP contribution in [0.15, 0.2) is 94.2 Å². The van der Waals surface area contributed by atoms with Gasteiger partial charge in [0.1, 0.15) is 0 Å². The van der Waals surface area contributed by atoms with E-state index in [4.69, 9.17) is 23.2 Å². The fourth-order valence-corrected chi connectivity index (χ4v) is 2.74. The lowest BCUT2D eigenvalue weighted by atomic mass is 10.2. The smallest absolute Gasteiger partial charge is 0.258 e. The van der Waals surface area contributed by atoms with E-state index in [2.05, 4.69) is 26.0 Å². The molecule has 3 aromatic rings. The molecule has 0 aliphatic heterocycles. The zero-order chi connectivity index (χ0) is 21.2. The Hall–Kier alpha value is -3.48. The Kier molecular flexibility index (Phi) is 7.71. The fraction of sp³-hybridized carbons (Fsp3) is 0. The van der Waals surface area contributed by atoms with Crippen molar-refractivity contribution in [1.29, 1.82) is 0 Å². The summed E-state index contributed by atoms with van der Waals surface area (Å²) in [5, 5.41) is 16.0. The van der Waals surface area contributed by atoms with Gasteiger partial charge in [0.25, 0.3) is 5.91 Å². The Bertz CT molecular complexity index is 1100. The Labute approximate surface area is 183 Å². The molecule has 0 bridgehead atoms. The summed E-state index contributed by atoms with van der Waals surface area (Å²) >= 11 is 11.9. The highest BCUT2D eigenvalue weighted by atomic mass is 35.5. The third kappa shape index (κ3) is 6.84. The number of rotatable bonds is 5. The van der Waals surface area contributed by atoms with Crippen LogP contribution in [0.4, 0.5) is 0 Å². The number of guanidine groups is 1. The molecular formula is C22H17Cl2N5O. The Balaban J connectivity index is 1.75. The predicted molar refractivity (Wildman–Crippen MR) is 123 cm³/mol. The van der Waals surface area contributed by atoms with Gasteiger partial charge in [-0.05, 0) is 47.5 Å². The number of benzene rings is 3. The molecule has 0 aliphatic rings. The van der Waals surface area contributed by atoms with Crippen LogP contribution in [0.25, 0.3) is 0 Å². The number of hydrazone groups is 1. The highest BCUT2D eigenvalue weighted by Gasteiger charge is 2.07. The second kappa shape index (κ2) is 10.9. The lowest BCUT2D eigenvalue weighted by Gasteiger charge is -2.06. The van der Waals surface area contributed by atoms with Crippen LogP contribution in [0.5, 0.6) is 0 Å². The van der Waals surface area contributed by atoms with E-state index in [0.29, 0.717) is 15.6 Å². The molecule has 0 saturated heterocycles. The number of amides is 1. The van der Waals surface area contributed by atoms with Crippen molar-refractivity contribution in [2.24, 2.45) is 15.3 Å². The summed E-state index contributed by atoms with van der Waals surface area (Å²) in [5.41, 5.74) is 4.72. The number of hydrogen-bond acceptors (Lipinski definition) is 4. The van der Waals surface area contributed by atoms with Crippen molar-refractivity contribution >= 4 is 47.5 Å². The normalized spacial score (nSPS) is 11.7. The van der Waals surface area contributed by atoms with E-state index in [1.165, 1.54) is 6.21 Å². The van der Waals surface area contributed by atoms with E-state index >= 15 is 0 Å². The maximum Gasteiger partial charge on any atom is 0.258 e. The maximum absolute atomic E-state index is 12.4. The van der Waals surface area contributed by atoms with Crippen LogP contribution in [0, 0.1) is 0 Å². The molecule has 0 saturated carbocycles. The van der Waals surface area contributed by atoms with Crippen LogP contribution in [0.2, 0.25) is 10.0 Å². The zero-order valence-electron chi connectivity index (χ0n) is 15.7. The molecule has 3 rings (SSSR count). The molecule has 8 heteroatoms. The first-order valence-electron chi connectivity index (χ1n) is 8.88. The van der Waals surface area contributed by atoms with E-state index in [-0.39, 0.29) is 11.9 Å². The summed E-state index contributed by atoms with van der Waals surface area (Å²) in [4.78, 5) is 12.4. The van der Waals surface area contributed by atoms with Gasteiger partial charge in [0, 0.05) is 15.6 Å². The second-order valence-electron chi connectivity index (χ2n) is 5.99. The van der Waals surface area contributed by atoms with Crippen molar-refractivity contribution in [3.63, 3.8) is 0 Å². The zero-order valence-corrected chi connectivity index (χ0v) is 17.2. The molecular weight excluding hydrogens is 421 g/mol. The molecule has 3 aromatic carbocycles. The fourth-order valence-electron chi connectivity index (χ4n) is 2.34. The van der Waals surface area contributed by atoms with Crippen LogP contribution in [-0.2, 0) is 0 Å². The molecule has 30 heavy (non-hydrogen) atoms. The number of carbonyl (C=O) groups excluding carboxylic acids is 1. The van der Waals surface area contributed by atoms with Gasteiger partial charge >= 0.3 is 0 Å². The number of hydrogen-bond donors (Lipinski definition) is 2. The number of nitrogens with zero attached hydrogens (tertiary/aromatic N) is 3. The topological polar surface area (TPSA) is 78.2 Å². The van der Waals surface area contributed by atoms with E-state index in [1.807, 2.05) is 24.3 Å². The largest absolute Gasteiger partial charge is 0.290 e. The average molecular weight is 438 g/mol. The average Bonchev–Trinajstić information content (AvgIpc) is 2.74. The van der Waals surface area contributed by atoms with E-state index in [0.717, 1.165) is 11.1 Å². The molecule has 0 aliphatic carbocycles. The van der Waals surface area contributed by atoms with Gasteiger partial charge in [0.2, 0.25) is 5.96 Å². The first-order chi connectivity index (χ1) is 14.6. The van der Waals surface area contributed by atoms with Crippen LogP contribution < -0.4 is 10.7 Å². The standard InChI is InChI=1S/C22H17Cl2N5O/c23-19-10-4-6-16(12-19)14-25-28-22(27-21(30)18-8-2-1-3-9-18)29-26-15-17-7-5-11-20(24)13-17/h1-15H,(H2,27,28,29,30). The van der Waals surface area contributed by atoms with Gasteiger partial charge in [-0.25, -0.2) is 5.43 Å². The minimum absolute atomic E-state index is 0.0559. The molecule has 1 amide bonds. The Morgan fingerprint density at radius 2 is 1.43 bits per heavy atom. The number of carbonyl (C=O) groups is 1. The lowest BCUT2D eigenvalue weighted by molar-refractivity contribution is 0.0975. The monoisotopic (exact) mass is 437 g/mol. The van der Waals surface area contributed by atoms with Gasteiger partial charge in [0.15, 0.2) is 0 Å². The number of nitrogens with one attached hydrogen (secondary N) is 2. The van der Waals surface area contributed by atoms with Gasteiger partial charge < -0.3 is 0 Å². The lowest BCUT2D eigenvalue weighted by Crippen LogP contribution is -2.38. The molecule has 0 aromatic heterocycles. The van der Waals surface area contributed by atoms with Crippen molar-refractivity contribution in [1.82, 2.24) is 10.7 Å². The number of halogens is 2. The van der Waals surface area contributed by atoms with Crippen molar-refractivity contribution in [3.05, 3.63) is 106 Å². The van der Waals surface area contributed by atoms with Gasteiger partial charge in [-0.3, -0.25) is 10.1 Å². The maximum atomic E-state index is 12.4. The Morgan fingerprint density at radius 3 is 2.07 bits per heavy atom. The molecule has 0 spiro atoms. The SMILES string of the molecule is O=C(NC(=NN=Cc1cccc(Cl)c1)NN=Cc1cccc(Cl)c1)c1ccccc1. The first kappa shape index (κ1) is 21.2.